The van der Waals surface area contributed by atoms with Crippen LogP contribution in [-0.2, 0) is 11.2 Å². The average Bonchev–Trinajstić information content (AvgIpc) is 2.05. The first-order valence-corrected chi connectivity index (χ1v) is 4.39. The fourth-order valence-corrected chi connectivity index (χ4v) is 1.37. The Hall–Kier alpha value is -0.600. The van der Waals surface area contributed by atoms with Gasteiger partial charge >= 0.3 is 0 Å². The normalized spacial score (nSPS) is 10.2. The third-order valence-electron chi connectivity index (χ3n) is 1.69. The smallest absolute Gasteiger partial charge is 0.226 e. The third kappa shape index (κ3) is 2.42. The summed E-state index contributed by atoms with van der Waals surface area (Å²) >= 11 is 10.9. The van der Waals surface area contributed by atoms with Crippen LogP contribution in [0, 0.1) is 12.7 Å². The van der Waals surface area contributed by atoms with Gasteiger partial charge in [-0.05, 0) is 30.2 Å². The Bertz CT molecular complexity index is 350. The van der Waals surface area contributed by atoms with Crippen LogP contribution in [0.2, 0.25) is 5.02 Å². The van der Waals surface area contributed by atoms with Gasteiger partial charge in [-0.25, -0.2) is 4.39 Å². The maximum Gasteiger partial charge on any atom is 0.226 e. The van der Waals surface area contributed by atoms with E-state index in [0.717, 1.165) is 5.56 Å². The van der Waals surface area contributed by atoms with Gasteiger partial charge in [0.05, 0.1) is 11.4 Å². The summed E-state index contributed by atoms with van der Waals surface area (Å²) in [6.07, 6.45) is -0.173. The van der Waals surface area contributed by atoms with Crippen molar-refractivity contribution in [2.45, 2.75) is 13.3 Å². The summed E-state index contributed by atoms with van der Waals surface area (Å²) in [5.74, 6) is -0.496. The first kappa shape index (κ1) is 10.5. The van der Waals surface area contributed by atoms with Gasteiger partial charge in [0, 0.05) is 5.56 Å². The van der Waals surface area contributed by atoms with Gasteiger partial charge in [-0.2, -0.15) is 0 Å². The molecule has 1 nitrogen and oxygen atoms in total. The summed E-state index contributed by atoms with van der Waals surface area (Å²) in [5.41, 5.74) is 0.901. The van der Waals surface area contributed by atoms with Crippen LogP contribution in [-0.4, -0.2) is 5.24 Å². The quantitative estimate of drug-likeness (QED) is 0.701. The van der Waals surface area contributed by atoms with Crippen LogP contribution in [0.5, 0.6) is 0 Å². The van der Waals surface area contributed by atoms with Crippen LogP contribution < -0.4 is 0 Å². The number of aryl methyl sites for hydroxylation is 1. The number of rotatable bonds is 2. The van der Waals surface area contributed by atoms with Crippen LogP contribution in [0.3, 0.4) is 0 Å². The Morgan fingerprint density at radius 1 is 1.54 bits per heavy atom. The molecule has 70 valence electrons. The molecule has 0 radical (unpaired) electrons. The van der Waals surface area contributed by atoms with Crippen molar-refractivity contribution in [3.8, 4) is 0 Å². The Kier molecular flexibility index (Phi) is 3.28. The maximum absolute atomic E-state index is 13.1. The molecule has 0 N–H and O–H groups in total. The number of benzene rings is 1. The minimum Gasteiger partial charge on any atom is -0.281 e. The second-order valence-electron chi connectivity index (χ2n) is 2.69. The van der Waals surface area contributed by atoms with E-state index in [0.29, 0.717) is 0 Å². The summed E-state index contributed by atoms with van der Waals surface area (Å²) in [6, 6.07) is 2.83. The van der Waals surface area contributed by atoms with Crippen LogP contribution >= 0.6 is 23.2 Å². The van der Waals surface area contributed by atoms with Crippen molar-refractivity contribution in [3.63, 3.8) is 0 Å². The van der Waals surface area contributed by atoms with Crippen molar-refractivity contribution in [3.05, 3.63) is 34.1 Å². The van der Waals surface area contributed by atoms with Gasteiger partial charge in [-0.3, -0.25) is 4.79 Å². The molecule has 0 atom stereocenters. The van der Waals surface area contributed by atoms with Crippen molar-refractivity contribution >= 4 is 28.4 Å². The molecule has 0 fully saturated rings. The van der Waals surface area contributed by atoms with E-state index in [9.17, 15) is 9.18 Å². The van der Waals surface area contributed by atoms with Gasteiger partial charge in [-0.15, -0.1) is 0 Å². The van der Waals surface area contributed by atoms with Crippen molar-refractivity contribution in [2.75, 3.05) is 0 Å². The topological polar surface area (TPSA) is 17.1 Å². The minimum atomic E-state index is -0.619. The number of halogens is 3. The second kappa shape index (κ2) is 4.07. The van der Waals surface area contributed by atoms with Crippen molar-refractivity contribution in [1.29, 1.82) is 0 Å². The molecule has 13 heavy (non-hydrogen) atoms. The highest BCUT2D eigenvalue weighted by atomic mass is 35.5. The second-order valence-corrected chi connectivity index (χ2v) is 3.49. The first-order chi connectivity index (χ1) is 6.02. The van der Waals surface area contributed by atoms with Gasteiger partial charge in [0.25, 0.3) is 0 Å². The highest BCUT2D eigenvalue weighted by Gasteiger charge is 2.11. The van der Waals surface area contributed by atoms with Gasteiger partial charge in [0.2, 0.25) is 5.24 Å². The fraction of sp³-hybridized carbons (Fsp3) is 0.222. The molecule has 0 saturated heterocycles. The Labute approximate surface area is 85.5 Å². The summed E-state index contributed by atoms with van der Waals surface area (Å²) < 4.78 is 13.1. The molecule has 0 saturated carbocycles. The molecule has 0 aromatic heterocycles. The van der Waals surface area contributed by atoms with Crippen molar-refractivity contribution < 1.29 is 9.18 Å². The SMILES string of the molecule is Cc1ccc(F)c(CC(=O)Cl)c1Cl. The van der Waals surface area contributed by atoms with E-state index in [4.69, 9.17) is 23.2 Å². The van der Waals surface area contributed by atoms with E-state index in [1.54, 1.807) is 13.0 Å². The average molecular weight is 221 g/mol. The molecule has 4 heteroatoms. The maximum atomic E-state index is 13.1. The number of carbonyl (C=O) groups is 1. The molecule has 0 aliphatic heterocycles. The fourth-order valence-electron chi connectivity index (χ4n) is 1.02. The predicted octanol–water partition coefficient (Wildman–Crippen LogP) is 3.10. The summed E-state index contributed by atoms with van der Waals surface area (Å²) in [4.78, 5) is 10.6. The predicted molar refractivity (Wildman–Crippen MR) is 50.7 cm³/mol. The van der Waals surface area contributed by atoms with E-state index in [2.05, 4.69) is 0 Å². The lowest BCUT2D eigenvalue weighted by atomic mass is 10.1. The minimum absolute atomic E-state index is 0.168. The molecule has 0 aliphatic rings. The van der Waals surface area contributed by atoms with Crippen LogP contribution in [0.25, 0.3) is 0 Å². The molecule has 0 amide bonds. The monoisotopic (exact) mass is 220 g/mol. The van der Waals surface area contributed by atoms with E-state index in [-0.39, 0.29) is 17.0 Å². The molecule has 0 spiro atoms. The third-order valence-corrected chi connectivity index (χ3v) is 2.35. The van der Waals surface area contributed by atoms with E-state index in [1.807, 2.05) is 0 Å². The van der Waals surface area contributed by atoms with Crippen LogP contribution in [0.15, 0.2) is 12.1 Å². The Morgan fingerprint density at radius 3 is 2.69 bits per heavy atom. The van der Waals surface area contributed by atoms with E-state index < -0.39 is 11.1 Å². The molecule has 1 aromatic rings. The molecule has 1 rings (SSSR count). The zero-order valence-corrected chi connectivity index (χ0v) is 8.42. The molecule has 0 unspecified atom stereocenters. The zero-order chi connectivity index (χ0) is 10.0. The van der Waals surface area contributed by atoms with Crippen molar-refractivity contribution in [2.24, 2.45) is 0 Å². The lowest BCUT2D eigenvalue weighted by Crippen LogP contribution is -1.99. The largest absolute Gasteiger partial charge is 0.281 e. The lowest BCUT2D eigenvalue weighted by molar-refractivity contribution is -0.111. The standard InChI is InChI=1S/C9H7Cl2FO/c1-5-2-3-7(12)6(9(5)11)4-8(10)13/h2-3H,4H2,1H3. The molecular formula is C9H7Cl2FO. The first-order valence-electron chi connectivity index (χ1n) is 3.64. The Morgan fingerprint density at radius 2 is 2.15 bits per heavy atom. The highest BCUT2D eigenvalue weighted by molar-refractivity contribution is 6.63. The summed E-state index contributed by atoms with van der Waals surface area (Å²) in [5, 5.41) is -0.347. The lowest BCUT2D eigenvalue weighted by Gasteiger charge is -2.05. The van der Waals surface area contributed by atoms with Crippen LogP contribution in [0.1, 0.15) is 11.1 Å². The molecule has 0 aliphatic carbocycles. The van der Waals surface area contributed by atoms with Gasteiger partial charge < -0.3 is 0 Å². The van der Waals surface area contributed by atoms with Gasteiger partial charge in [-0.1, -0.05) is 17.7 Å². The summed E-state index contributed by atoms with van der Waals surface area (Å²) in [7, 11) is 0. The molecule has 1 aromatic carbocycles. The van der Waals surface area contributed by atoms with Crippen molar-refractivity contribution in [1.82, 2.24) is 0 Å². The van der Waals surface area contributed by atoms with Gasteiger partial charge in [0.1, 0.15) is 5.82 Å². The van der Waals surface area contributed by atoms with E-state index >= 15 is 0 Å². The zero-order valence-electron chi connectivity index (χ0n) is 6.90. The molecule has 0 bridgehead atoms. The molecular weight excluding hydrogens is 214 g/mol. The van der Waals surface area contributed by atoms with Crippen LogP contribution in [0.4, 0.5) is 4.39 Å². The number of carbonyl (C=O) groups excluding carboxylic acids is 1. The summed E-state index contributed by atoms with van der Waals surface area (Å²) in [6.45, 7) is 1.74. The van der Waals surface area contributed by atoms with E-state index in [1.165, 1.54) is 6.07 Å². The number of hydrogen-bond acceptors (Lipinski definition) is 1. The highest BCUT2D eigenvalue weighted by Crippen LogP contribution is 2.24. The number of hydrogen-bond donors (Lipinski definition) is 0. The van der Waals surface area contributed by atoms with Gasteiger partial charge in [0.15, 0.2) is 0 Å². The molecule has 0 heterocycles. The Balaban J connectivity index is 3.17.